The molecule has 0 heterocycles. The first-order valence-electron chi connectivity index (χ1n) is 31.0. The second-order valence-electron chi connectivity index (χ2n) is 21.6. The molecule has 0 aliphatic rings. The Balaban J connectivity index is 3.43. The highest BCUT2D eigenvalue weighted by Gasteiger charge is 2.26. The van der Waals surface area contributed by atoms with E-state index >= 15 is 0 Å². The minimum atomic E-state index is -1.13. The summed E-state index contributed by atoms with van der Waals surface area (Å²) in [6, 6.07) is -0.806. The summed E-state index contributed by atoms with van der Waals surface area (Å²) in [6.45, 7) is 4.22. The third-order valence-corrected chi connectivity index (χ3v) is 14.9. The van der Waals surface area contributed by atoms with Crippen molar-refractivity contribution < 1.29 is 20.1 Å². The van der Waals surface area contributed by atoms with Crippen LogP contribution in [-0.2, 0) is 4.79 Å². The van der Waals surface area contributed by atoms with Gasteiger partial charge in [-0.05, 0) is 38.5 Å². The first-order chi connectivity index (χ1) is 33.1. The second kappa shape index (κ2) is 57.7. The van der Waals surface area contributed by atoms with Crippen LogP contribution >= 0.6 is 0 Å². The van der Waals surface area contributed by atoms with Gasteiger partial charge in [0, 0.05) is 6.42 Å². The van der Waals surface area contributed by atoms with Crippen LogP contribution in [0.25, 0.3) is 0 Å². The summed E-state index contributed by atoms with van der Waals surface area (Å²) < 4.78 is 0. The second-order valence-corrected chi connectivity index (χ2v) is 21.6. The molecule has 0 saturated heterocycles. The average Bonchev–Trinajstić information content (AvgIpc) is 3.33. The highest BCUT2D eigenvalue weighted by molar-refractivity contribution is 5.76. The van der Waals surface area contributed by atoms with E-state index in [0.717, 1.165) is 32.1 Å². The summed E-state index contributed by atoms with van der Waals surface area (Å²) in [5, 5.41) is 33.8. The Bertz CT molecular complexity index is 956. The van der Waals surface area contributed by atoms with Gasteiger partial charge in [-0.3, -0.25) is 4.79 Å². The monoisotopic (exact) mass is 946 g/mol. The standard InChI is InChI=1S/C62H123NO4/c1-3-5-7-9-11-13-15-17-19-21-22-23-24-25-26-27-28-29-30-31-32-33-34-35-36-37-38-39-40-41-43-45-47-49-51-53-55-57-61(66)63-59(58-64)62(67)60(65)56-54-52-50-48-46-44-42-20-18-16-14-12-10-8-6-4-2/h29-30,59-60,62,64-65,67H,3-28,31-58H2,1-2H3,(H,63,66)/b30-29-. The molecule has 0 aromatic carbocycles. The highest BCUT2D eigenvalue weighted by Crippen LogP contribution is 2.19. The molecule has 0 aliphatic heterocycles. The molecule has 0 saturated carbocycles. The molecular weight excluding hydrogens is 823 g/mol. The molecule has 0 rings (SSSR count). The highest BCUT2D eigenvalue weighted by atomic mass is 16.3. The van der Waals surface area contributed by atoms with E-state index in [9.17, 15) is 20.1 Å². The fourth-order valence-electron chi connectivity index (χ4n) is 10.1. The van der Waals surface area contributed by atoms with Gasteiger partial charge in [0.05, 0.1) is 18.8 Å². The van der Waals surface area contributed by atoms with Crippen molar-refractivity contribution in [2.24, 2.45) is 0 Å². The molecule has 0 aromatic rings. The fraction of sp³-hybridized carbons (Fsp3) is 0.952. The van der Waals surface area contributed by atoms with Crippen LogP contribution in [0.5, 0.6) is 0 Å². The van der Waals surface area contributed by atoms with Crippen LogP contribution in [0.15, 0.2) is 12.2 Å². The fourth-order valence-corrected chi connectivity index (χ4v) is 10.1. The smallest absolute Gasteiger partial charge is 0.220 e. The van der Waals surface area contributed by atoms with Gasteiger partial charge >= 0.3 is 0 Å². The molecule has 3 unspecified atom stereocenters. The van der Waals surface area contributed by atoms with Crippen molar-refractivity contribution in [2.75, 3.05) is 6.61 Å². The van der Waals surface area contributed by atoms with Crippen LogP contribution in [0, 0.1) is 0 Å². The van der Waals surface area contributed by atoms with Crippen LogP contribution < -0.4 is 5.32 Å². The van der Waals surface area contributed by atoms with Crippen LogP contribution in [0.4, 0.5) is 0 Å². The minimum Gasteiger partial charge on any atom is -0.394 e. The molecule has 4 N–H and O–H groups in total. The SMILES string of the molecule is CCCCCCCCCCCCCCCCCC/C=C\CCCCCCCCCCCCCCCCCCCC(=O)NC(CO)C(O)C(O)CCCCCCCCCCCCCCCCCC. The van der Waals surface area contributed by atoms with Crippen molar-refractivity contribution >= 4 is 5.91 Å². The van der Waals surface area contributed by atoms with Gasteiger partial charge in [0.1, 0.15) is 6.10 Å². The van der Waals surface area contributed by atoms with E-state index in [4.69, 9.17) is 0 Å². The molecular formula is C62H123NO4. The van der Waals surface area contributed by atoms with Crippen molar-refractivity contribution in [3.63, 3.8) is 0 Å². The number of aliphatic hydroxyl groups excluding tert-OH is 3. The van der Waals surface area contributed by atoms with Gasteiger partial charge in [0.25, 0.3) is 0 Å². The summed E-state index contributed by atoms with van der Waals surface area (Å²) in [4.78, 5) is 12.5. The first-order valence-corrected chi connectivity index (χ1v) is 31.0. The number of aliphatic hydroxyl groups is 3. The molecule has 0 bridgehead atoms. The quantitative estimate of drug-likeness (QED) is 0.0361. The zero-order chi connectivity index (χ0) is 48.6. The molecule has 0 radical (unpaired) electrons. The summed E-state index contributed by atoms with van der Waals surface area (Å²) in [7, 11) is 0. The van der Waals surface area contributed by atoms with Crippen molar-refractivity contribution in [3.05, 3.63) is 12.2 Å². The molecule has 1 amide bonds. The van der Waals surface area contributed by atoms with Gasteiger partial charge in [0.15, 0.2) is 0 Å². The lowest BCUT2D eigenvalue weighted by Gasteiger charge is -2.26. The number of rotatable bonds is 58. The van der Waals surface area contributed by atoms with Gasteiger partial charge in [-0.25, -0.2) is 0 Å². The normalized spacial score (nSPS) is 13.2. The summed E-state index contributed by atoms with van der Waals surface area (Å²) >= 11 is 0. The molecule has 400 valence electrons. The lowest BCUT2D eigenvalue weighted by atomic mass is 9.99. The van der Waals surface area contributed by atoms with Crippen molar-refractivity contribution in [2.45, 2.75) is 372 Å². The summed E-state index contributed by atoms with van der Waals surface area (Å²) in [6.07, 6.45) is 72.6. The van der Waals surface area contributed by atoms with Crippen molar-refractivity contribution in [1.82, 2.24) is 5.32 Å². The van der Waals surface area contributed by atoms with Gasteiger partial charge in [0.2, 0.25) is 5.91 Å². The van der Waals surface area contributed by atoms with E-state index in [1.807, 2.05) is 0 Å². The van der Waals surface area contributed by atoms with Gasteiger partial charge in [-0.15, -0.1) is 0 Å². The lowest BCUT2D eigenvalue weighted by Crippen LogP contribution is -2.50. The predicted octanol–water partition coefficient (Wildman–Crippen LogP) is 19.5. The molecule has 67 heavy (non-hydrogen) atoms. The van der Waals surface area contributed by atoms with E-state index in [1.165, 1.54) is 295 Å². The van der Waals surface area contributed by atoms with E-state index in [0.29, 0.717) is 12.8 Å². The number of carbonyl (C=O) groups excluding carboxylic acids is 1. The molecule has 5 heteroatoms. The maximum atomic E-state index is 12.5. The number of unbranched alkanes of at least 4 members (excludes halogenated alkanes) is 48. The minimum absolute atomic E-state index is 0.137. The van der Waals surface area contributed by atoms with Crippen LogP contribution in [0.2, 0.25) is 0 Å². The number of allylic oxidation sites excluding steroid dienone is 2. The molecule has 3 atom stereocenters. The zero-order valence-electron chi connectivity index (χ0n) is 45.8. The number of amides is 1. The topological polar surface area (TPSA) is 89.8 Å². The van der Waals surface area contributed by atoms with Crippen LogP contribution in [0.1, 0.15) is 354 Å². The number of hydrogen-bond donors (Lipinski definition) is 4. The average molecular weight is 947 g/mol. The molecule has 5 nitrogen and oxygen atoms in total. The van der Waals surface area contributed by atoms with Gasteiger partial charge in [-0.1, -0.05) is 321 Å². The molecule has 0 aliphatic carbocycles. The number of nitrogens with one attached hydrogen (secondary N) is 1. The molecule has 0 aromatic heterocycles. The van der Waals surface area contributed by atoms with E-state index in [2.05, 4.69) is 31.3 Å². The Morgan fingerprint density at radius 2 is 0.597 bits per heavy atom. The van der Waals surface area contributed by atoms with Crippen LogP contribution in [0.3, 0.4) is 0 Å². The van der Waals surface area contributed by atoms with Crippen molar-refractivity contribution in [3.8, 4) is 0 Å². The maximum Gasteiger partial charge on any atom is 0.220 e. The van der Waals surface area contributed by atoms with Gasteiger partial charge < -0.3 is 20.6 Å². The van der Waals surface area contributed by atoms with E-state index < -0.39 is 18.2 Å². The van der Waals surface area contributed by atoms with Gasteiger partial charge in [-0.2, -0.15) is 0 Å². The largest absolute Gasteiger partial charge is 0.394 e. The summed E-state index contributed by atoms with van der Waals surface area (Å²) in [5.74, 6) is -0.137. The van der Waals surface area contributed by atoms with Crippen LogP contribution in [-0.4, -0.2) is 46.1 Å². The molecule has 0 spiro atoms. The third kappa shape index (κ3) is 52.7. The third-order valence-electron chi connectivity index (χ3n) is 14.9. The first kappa shape index (κ1) is 66.1. The Morgan fingerprint density at radius 1 is 0.358 bits per heavy atom. The Kier molecular flexibility index (Phi) is 56.9. The Hall–Kier alpha value is -0.910. The maximum absolute atomic E-state index is 12.5. The lowest BCUT2D eigenvalue weighted by molar-refractivity contribution is -0.124. The number of hydrogen-bond acceptors (Lipinski definition) is 4. The predicted molar refractivity (Wildman–Crippen MR) is 296 cm³/mol. The van der Waals surface area contributed by atoms with E-state index in [-0.39, 0.29) is 12.5 Å². The summed E-state index contributed by atoms with van der Waals surface area (Å²) in [5.41, 5.74) is 0. The van der Waals surface area contributed by atoms with Crippen molar-refractivity contribution in [1.29, 1.82) is 0 Å². The number of carbonyl (C=O) groups is 1. The zero-order valence-corrected chi connectivity index (χ0v) is 45.8. The Morgan fingerprint density at radius 3 is 0.866 bits per heavy atom. The molecule has 0 fully saturated rings. The Labute approximate surface area is 420 Å². The van der Waals surface area contributed by atoms with E-state index in [1.54, 1.807) is 0 Å².